The first-order valence-electron chi connectivity index (χ1n) is 8.40. The molecule has 1 saturated heterocycles. The Labute approximate surface area is 133 Å². The Morgan fingerprint density at radius 2 is 2.05 bits per heavy atom. The van der Waals surface area contributed by atoms with Crippen molar-refractivity contribution >= 4 is 11.7 Å². The fraction of sp³-hybridized carbons (Fsp3) is 0.684. The van der Waals surface area contributed by atoms with Gasteiger partial charge in [-0.2, -0.15) is 0 Å². The van der Waals surface area contributed by atoms with Crippen molar-refractivity contribution < 1.29 is 9.53 Å². The maximum absolute atomic E-state index is 12.3. The predicted octanol–water partition coefficient (Wildman–Crippen LogP) is 4.09. The molecule has 0 aromatic carbocycles. The highest BCUT2D eigenvalue weighted by atomic mass is 16.6. The third-order valence-corrected chi connectivity index (χ3v) is 6.46. The summed E-state index contributed by atoms with van der Waals surface area (Å²) in [5.74, 6) is 0.368. The van der Waals surface area contributed by atoms with Gasteiger partial charge in [-0.05, 0) is 44.1 Å². The van der Waals surface area contributed by atoms with Crippen molar-refractivity contribution in [2.24, 2.45) is 21.7 Å². The monoisotopic (exact) mass is 301 g/mol. The van der Waals surface area contributed by atoms with Crippen LogP contribution in [0, 0.1) is 16.7 Å². The SMILES string of the molecule is C=C[C@]1(C)C[C@H]([C@@]2(C)C3=C(CC/C3=N\C)CC[C@H]2C)OC1=O. The van der Waals surface area contributed by atoms with Crippen LogP contribution < -0.4 is 0 Å². The van der Waals surface area contributed by atoms with Crippen LogP contribution in [0.5, 0.6) is 0 Å². The van der Waals surface area contributed by atoms with E-state index in [0.29, 0.717) is 5.92 Å². The molecule has 1 aliphatic heterocycles. The number of nitrogens with zero attached hydrogens (tertiary/aromatic N) is 1. The Bertz CT molecular complexity index is 588. The van der Waals surface area contributed by atoms with Gasteiger partial charge in [-0.25, -0.2) is 0 Å². The molecule has 3 rings (SSSR count). The summed E-state index contributed by atoms with van der Waals surface area (Å²) in [7, 11) is 1.89. The standard InChI is InChI=1S/C19H27NO2/c1-6-18(3)11-15(22-17(18)21)19(4)12(2)7-8-13-9-10-14(20-5)16(13)19/h6,12,15H,1,7-11H2,2-5H3/b20-14+/t12-,15-,18-,19+/m1/s1. The van der Waals surface area contributed by atoms with Crippen LogP contribution >= 0.6 is 0 Å². The maximum Gasteiger partial charge on any atom is 0.316 e. The summed E-state index contributed by atoms with van der Waals surface area (Å²) in [5, 5.41) is 0. The molecule has 4 atom stereocenters. The third kappa shape index (κ3) is 1.94. The Morgan fingerprint density at radius 1 is 1.32 bits per heavy atom. The number of carbonyl (C=O) groups excluding carboxylic acids is 1. The number of ether oxygens (including phenoxy) is 1. The predicted molar refractivity (Wildman–Crippen MR) is 88.9 cm³/mol. The second-order valence-electron chi connectivity index (χ2n) is 7.59. The van der Waals surface area contributed by atoms with Crippen molar-refractivity contribution in [3.63, 3.8) is 0 Å². The van der Waals surface area contributed by atoms with Crippen LogP contribution in [-0.2, 0) is 9.53 Å². The van der Waals surface area contributed by atoms with Crippen molar-refractivity contribution in [2.75, 3.05) is 7.05 Å². The van der Waals surface area contributed by atoms with E-state index in [-0.39, 0.29) is 17.5 Å². The molecule has 1 fully saturated rings. The van der Waals surface area contributed by atoms with Gasteiger partial charge in [0.05, 0.1) is 5.41 Å². The molecule has 0 aromatic heterocycles. The molecular weight excluding hydrogens is 274 g/mol. The molecule has 3 heteroatoms. The van der Waals surface area contributed by atoms with E-state index in [9.17, 15) is 4.79 Å². The van der Waals surface area contributed by atoms with E-state index in [1.807, 2.05) is 14.0 Å². The fourth-order valence-electron chi connectivity index (χ4n) is 4.58. The molecule has 0 unspecified atom stereocenters. The zero-order chi connectivity index (χ0) is 16.1. The number of allylic oxidation sites excluding steroid dienone is 1. The minimum Gasteiger partial charge on any atom is -0.461 e. The molecule has 120 valence electrons. The van der Waals surface area contributed by atoms with Crippen LogP contribution in [0.3, 0.4) is 0 Å². The first-order valence-corrected chi connectivity index (χ1v) is 8.40. The topological polar surface area (TPSA) is 38.7 Å². The summed E-state index contributed by atoms with van der Waals surface area (Å²) in [6, 6.07) is 0. The van der Waals surface area contributed by atoms with Gasteiger partial charge in [-0.1, -0.05) is 25.5 Å². The van der Waals surface area contributed by atoms with Crippen LogP contribution in [0.4, 0.5) is 0 Å². The van der Waals surface area contributed by atoms with Gasteiger partial charge in [-0.15, -0.1) is 6.58 Å². The number of rotatable bonds is 2. The molecule has 3 nitrogen and oxygen atoms in total. The van der Waals surface area contributed by atoms with Gasteiger partial charge in [0.25, 0.3) is 0 Å². The molecule has 22 heavy (non-hydrogen) atoms. The van der Waals surface area contributed by atoms with Crippen molar-refractivity contribution in [1.82, 2.24) is 0 Å². The number of cyclic esters (lactones) is 1. The van der Waals surface area contributed by atoms with Gasteiger partial charge < -0.3 is 4.74 Å². The van der Waals surface area contributed by atoms with Crippen LogP contribution in [0.15, 0.2) is 28.8 Å². The lowest BCUT2D eigenvalue weighted by molar-refractivity contribution is -0.150. The quantitative estimate of drug-likeness (QED) is 0.569. The fourth-order valence-corrected chi connectivity index (χ4v) is 4.58. The normalized spacial score (nSPS) is 43.5. The molecule has 1 heterocycles. The van der Waals surface area contributed by atoms with Gasteiger partial charge in [0.2, 0.25) is 0 Å². The minimum atomic E-state index is -0.548. The number of aliphatic imine (C=N–C) groups is 1. The largest absolute Gasteiger partial charge is 0.461 e. The highest BCUT2D eigenvalue weighted by molar-refractivity contribution is 6.04. The van der Waals surface area contributed by atoms with Crippen molar-refractivity contribution in [1.29, 1.82) is 0 Å². The van der Waals surface area contributed by atoms with Gasteiger partial charge in [0, 0.05) is 24.6 Å². The zero-order valence-corrected chi connectivity index (χ0v) is 14.2. The lowest BCUT2D eigenvalue weighted by atomic mass is 9.60. The van der Waals surface area contributed by atoms with E-state index in [1.165, 1.54) is 24.1 Å². The Hall–Kier alpha value is -1.38. The van der Waals surface area contributed by atoms with Gasteiger partial charge in [0.1, 0.15) is 6.10 Å². The molecule has 0 bridgehead atoms. The van der Waals surface area contributed by atoms with Gasteiger partial charge >= 0.3 is 5.97 Å². The smallest absolute Gasteiger partial charge is 0.316 e. The van der Waals surface area contributed by atoms with E-state index in [4.69, 9.17) is 4.74 Å². The van der Waals surface area contributed by atoms with Crippen molar-refractivity contribution in [3.05, 3.63) is 23.8 Å². The third-order valence-electron chi connectivity index (χ3n) is 6.46. The highest BCUT2D eigenvalue weighted by Crippen LogP contribution is 2.56. The van der Waals surface area contributed by atoms with Crippen molar-refractivity contribution in [2.45, 2.75) is 59.0 Å². The Balaban J connectivity index is 2.05. The van der Waals surface area contributed by atoms with E-state index >= 15 is 0 Å². The summed E-state index contributed by atoms with van der Waals surface area (Å²) < 4.78 is 5.88. The molecule has 3 aliphatic rings. The second-order valence-corrected chi connectivity index (χ2v) is 7.59. The first kappa shape index (κ1) is 15.5. The average molecular weight is 301 g/mol. The molecule has 0 saturated carbocycles. The van der Waals surface area contributed by atoms with Crippen LogP contribution in [0.25, 0.3) is 0 Å². The molecule has 0 radical (unpaired) electrons. The Morgan fingerprint density at radius 3 is 2.64 bits per heavy atom. The minimum absolute atomic E-state index is 0.0712. The second kappa shape index (κ2) is 5.07. The molecule has 2 aliphatic carbocycles. The number of carbonyl (C=O) groups is 1. The van der Waals surface area contributed by atoms with Crippen molar-refractivity contribution in [3.8, 4) is 0 Å². The van der Waals surface area contributed by atoms with Crippen LogP contribution in [0.2, 0.25) is 0 Å². The van der Waals surface area contributed by atoms with E-state index in [0.717, 1.165) is 19.3 Å². The summed E-state index contributed by atoms with van der Waals surface area (Å²) in [6.07, 6.45) is 6.93. The maximum atomic E-state index is 12.3. The lowest BCUT2D eigenvalue weighted by Crippen LogP contribution is -2.44. The average Bonchev–Trinajstić information content (AvgIpc) is 3.06. The first-order chi connectivity index (χ1) is 10.4. The summed E-state index contributed by atoms with van der Waals surface area (Å²) in [4.78, 5) is 16.9. The van der Waals surface area contributed by atoms with E-state index in [1.54, 1.807) is 11.6 Å². The highest BCUT2D eigenvalue weighted by Gasteiger charge is 2.56. The zero-order valence-electron chi connectivity index (χ0n) is 14.2. The summed E-state index contributed by atoms with van der Waals surface area (Å²) in [6.45, 7) is 10.4. The number of esters is 1. The molecule has 0 N–H and O–H groups in total. The molecule has 0 amide bonds. The number of hydrogen-bond donors (Lipinski definition) is 0. The van der Waals surface area contributed by atoms with Gasteiger partial charge in [-0.3, -0.25) is 9.79 Å². The molecular formula is C19H27NO2. The van der Waals surface area contributed by atoms with Gasteiger partial charge in [0.15, 0.2) is 0 Å². The lowest BCUT2D eigenvalue weighted by Gasteiger charge is -2.45. The molecule has 0 aromatic rings. The van der Waals surface area contributed by atoms with E-state index in [2.05, 4.69) is 25.4 Å². The van der Waals surface area contributed by atoms with Crippen LogP contribution in [0.1, 0.15) is 52.9 Å². The van der Waals surface area contributed by atoms with E-state index < -0.39 is 5.41 Å². The summed E-state index contributed by atoms with van der Waals surface area (Å²) in [5.41, 5.74) is 3.51. The molecule has 0 spiro atoms. The summed E-state index contributed by atoms with van der Waals surface area (Å²) >= 11 is 0. The Kier molecular flexibility index (Phi) is 3.58. The van der Waals surface area contributed by atoms with Crippen LogP contribution in [-0.4, -0.2) is 24.8 Å². The number of hydrogen-bond acceptors (Lipinski definition) is 3.